The van der Waals surface area contributed by atoms with Crippen LogP contribution in [0.2, 0.25) is 5.02 Å². The van der Waals surface area contributed by atoms with Gasteiger partial charge in [-0.3, -0.25) is 4.79 Å². The zero-order valence-corrected chi connectivity index (χ0v) is 11.1. The van der Waals surface area contributed by atoms with Gasteiger partial charge in [-0.05, 0) is 48.4 Å². The number of halogens is 2. The predicted molar refractivity (Wildman–Crippen MR) is 73.8 cm³/mol. The third-order valence-corrected chi connectivity index (χ3v) is 2.99. The first-order chi connectivity index (χ1) is 8.56. The Kier molecular flexibility index (Phi) is 3.90. The quantitative estimate of drug-likeness (QED) is 0.603. The smallest absolute Gasteiger partial charge is 0.245 e. The Labute approximate surface area is 115 Å². The molecule has 0 bridgehead atoms. The summed E-state index contributed by atoms with van der Waals surface area (Å²) in [4.78, 5) is 10.6. The molecule has 0 amide bonds. The van der Waals surface area contributed by atoms with Crippen LogP contribution in [0.3, 0.4) is 0 Å². The van der Waals surface area contributed by atoms with Crippen LogP contribution in [0, 0.1) is 6.92 Å². The van der Waals surface area contributed by atoms with Crippen LogP contribution in [0.15, 0.2) is 40.8 Å². The van der Waals surface area contributed by atoms with E-state index in [1.165, 1.54) is 12.2 Å². The normalized spacial score (nSPS) is 11.1. The molecule has 0 fully saturated rings. The average Bonchev–Trinajstić information content (AvgIpc) is 2.79. The van der Waals surface area contributed by atoms with Gasteiger partial charge in [0.2, 0.25) is 5.24 Å². The molecule has 1 aromatic carbocycles. The number of carbonyl (C=O) groups excluding carboxylic acids is 1. The van der Waals surface area contributed by atoms with Gasteiger partial charge in [0, 0.05) is 16.7 Å². The molecule has 0 N–H and O–H groups in total. The third-order valence-electron chi connectivity index (χ3n) is 2.46. The van der Waals surface area contributed by atoms with Crippen molar-refractivity contribution in [2.24, 2.45) is 0 Å². The summed E-state index contributed by atoms with van der Waals surface area (Å²) in [7, 11) is 0. The Morgan fingerprint density at radius 1 is 1.28 bits per heavy atom. The second-order valence-corrected chi connectivity index (χ2v) is 4.58. The number of carbonyl (C=O) groups is 1. The molecule has 92 valence electrons. The summed E-state index contributed by atoms with van der Waals surface area (Å²) >= 11 is 11.3. The Balaban J connectivity index is 2.29. The molecule has 0 spiro atoms. The monoisotopic (exact) mass is 280 g/mol. The molecule has 1 aromatic heterocycles. The van der Waals surface area contributed by atoms with Gasteiger partial charge < -0.3 is 4.42 Å². The van der Waals surface area contributed by atoms with Crippen molar-refractivity contribution < 1.29 is 9.21 Å². The van der Waals surface area contributed by atoms with Crippen molar-refractivity contribution in [2.45, 2.75) is 6.92 Å². The van der Waals surface area contributed by atoms with Gasteiger partial charge in [-0.1, -0.05) is 23.7 Å². The molecular weight excluding hydrogens is 271 g/mol. The highest BCUT2D eigenvalue weighted by atomic mass is 35.5. The maximum atomic E-state index is 10.6. The Hall–Kier alpha value is -1.51. The van der Waals surface area contributed by atoms with Crippen molar-refractivity contribution in [1.82, 2.24) is 0 Å². The number of rotatable bonds is 3. The largest absolute Gasteiger partial charge is 0.457 e. The minimum Gasteiger partial charge on any atom is -0.457 e. The van der Waals surface area contributed by atoms with E-state index < -0.39 is 5.24 Å². The minimum absolute atomic E-state index is 0.536. The number of hydrogen-bond donors (Lipinski definition) is 0. The van der Waals surface area contributed by atoms with Crippen molar-refractivity contribution in [3.05, 3.63) is 52.8 Å². The molecule has 2 aromatic rings. The van der Waals surface area contributed by atoms with Gasteiger partial charge in [-0.2, -0.15) is 0 Å². The highest BCUT2D eigenvalue weighted by Crippen LogP contribution is 2.27. The molecule has 2 nitrogen and oxygen atoms in total. The van der Waals surface area contributed by atoms with Crippen molar-refractivity contribution in [3.63, 3.8) is 0 Å². The number of benzene rings is 1. The van der Waals surface area contributed by atoms with Crippen LogP contribution < -0.4 is 0 Å². The molecule has 0 atom stereocenters. The summed E-state index contributed by atoms with van der Waals surface area (Å²) in [6, 6.07) is 9.28. The molecule has 0 saturated heterocycles. The van der Waals surface area contributed by atoms with E-state index in [1.54, 1.807) is 6.07 Å². The lowest BCUT2D eigenvalue weighted by Gasteiger charge is -2.00. The number of hydrogen-bond acceptors (Lipinski definition) is 2. The van der Waals surface area contributed by atoms with E-state index >= 15 is 0 Å². The molecular formula is C14H10Cl2O2. The zero-order valence-electron chi connectivity index (χ0n) is 9.61. The topological polar surface area (TPSA) is 30.2 Å². The molecule has 4 heteroatoms. The first kappa shape index (κ1) is 12.9. The van der Waals surface area contributed by atoms with E-state index in [1.807, 2.05) is 31.2 Å². The van der Waals surface area contributed by atoms with Crippen LogP contribution in [-0.2, 0) is 4.79 Å². The van der Waals surface area contributed by atoms with E-state index in [0.29, 0.717) is 16.5 Å². The molecule has 0 aliphatic carbocycles. The summed E-state index contributed by atoms with van der Waals surface area (Å²) in [5, 5.41) is 0.156. The van der Waals surface area contributed by atoms with E-state index in [4.69, 9.17) is 27.6 Å². The Morgan fingerprint density at radius 2 is 2.06 bits per heavy atom. The van der Waals surface area contributed by atoms with E-state index in [9.17, 15) is 4.79 Å². The van der Waals surface area contributed by atoms with Gasteiger partial charge in [0.15, 0.2) is 0 Å². The molecule has 1 heterocycles. The lowest BCUT2D eigenvalue weighted by Crippen LogP contribution is -1.78. The molecule has 0 aliphatic heterocycles. The fraction of sp³-hybridized carbons (Fsp3) is 0.0714. The van der Waals surface area contributed by atoms with Crippen LogP contribution in [0.4, 0.5) is 0 Å². The second-order valence-electron chi connectivity index (χ2n) is 3.80. The van der Waals surface area contributed by atoms with Crippen LogP contribution in [0.1, 0.15) is 11.3 Å². The van der Waals surface area contributed by atoms with Crippen LogP contribution in [0.25, 0.3) is 17.4 Å². The molecule has 0 saturated carbocycles. The summed E-state index contributed by atoms with van der Waals surface area (Å²) in [6.45, 7) is 1.94. The van der Waals surface area contributed by atoms with E-state index in [0.717, 1.165) is 11.1 Å². The minimum atomic E-state index is -0.536. The van der Waals surface area contributed by atoms with Gasteiger partial charge in [0.25, 0.3) is 0 Å². The van der Waals surface area contributed by atoms with Crippen molar-refractivity contribution in [1.29, 1.82) is 0 Å². The third kappa shape index (κ3) is 3.03. The molecule has 2 rings (SSSR count). The Bertz CT molecular complexity index is 612. The number of aryl methyl sites for hydroxylation is 1. The first-order valence-electron chi connectivity index (χ1n) is 5.30. The van der Waals surface area contributed by atoms with Gasteiger partial charge in [-0.15, -0.1) is 0 Å². The van der Waals surface area contributed by atoms with Crippen LogP contribution in [0.5, 0.6) is 0 Å². The SMILES string of the molecule is Cc1ccc(-c2ccc(/C=C/C(=O)Cl)o2)cc1Cl. The van der Waals surface area contributed by atoms with Crippen LogP contribution >= 0.6 is 23.2 Å². The predicted octanol–water partition coefficient (Wildman–Crippen LogP) is 4.69. The lowest BCUT2D eigenvalue weighted by molar-refractivity contribution is -0.107. The summed E-state index contributed by atoms with van der Waals surface area (Å²) in [6.07, 6.45) is 2.76. The lowest BCUT2D eigenvalue weighted by atomic mass is 10.1. The van der Waals surface area contributed by atoms with Gasteiger partial charge in [-0.25, -0.2) is 0 Å². The van der Waals surface area contributed by atoms with Crippen LogP contribution in [-0.4, -0.2) is 5.24 Å². The maximum absolute atomic E-state index is 10.6. The summed E-state index contributed by atoms with van der Waals surface area (Å²) in [5.74, 6) is 1.26. The second kappa shape index (κ2) is 5.42. The highest BCUT2D eigenvalue weighted by molar-refractivity contribution is 6.66. The molecule has 0 unspecified atom stereocenters. The molecule has 18 heavy (non-hydrogen) atoms. The van der Waals surface area contributed by atoms with E-state index in [2.05, 4.69) is 0 Å². The van der Waals surface area contributed by atoms with Crippen molar-refractivity contribution in [3.8, 4) is 11.3 Å². The van der Waals surface area contributed by atoms with Crippen molar-refractivity contribution >= 4 is 34.5 Å². The summed E-state index contributed by atoms with van der Waals surface area (Å²) in [5.41, 5.74) is 1.90. The number of furan rings is 1. The molecule has 0 radical (unpaired) electrons. The first-order valence-corrected chi connectivity index (χ1v) is 6.06. The van der Waals surface area contributed by atoms with Gasteiger partial charge in [0.05, 0.1) is 0 Å². The average molecular weight is 281 g/mol. The van der Waals surface area contributed by atoms with Crippen molar-refractivity contribution in [2.75, 3.05) is 0 Å². The zero-order chi connectivity index (χ0) is 13.1. The maximum Gasteiger partial charge on any atom is 0.245 e. The molecule has 0 aliphatic rings. The fourth-order valence-electron chi connectivity index (χ4n) is 1.49. The van der Waals surface area contributed by atoms with Gasteiger partial charge >= 0.3 is 0 Å². The highest BCUT2D eigenvalue weighted by Gasteiger charge is 2.05. The summed E-state index contributed by atoms with van der Waals surface area (Å²) < 4.78 is 5.56. The van der Waals surface area contributed by atoms with Gasteiger partial charge in [0.1, 0.15) is 11.5 Å². The number of allylic oxidation sites excluding steroid dienone is 1. The van der Waals surface area contributed by atoms with E-state index in [-0.39, 0.29) is 0 Å². The fourth-order valence-corrected chi connectivity index (χ4v) is 1.73. The Morgan fingerprint density at radius 3 is 2.72 bits per heavy atom. The standard InChI is InChI=1S/C14H10Cl2O2/c1-9-2-3-10(8-12(9)15)13-6-4-11(18-13)5-7-14(16)17/h2-8H,1H3/b7-5+.